The zero-order chi connectivity index (χ0) is 18.2. The highest BCUT2D eigenvalue weighted by molar-refractivity contribution is 5.92. The molecule has 1 N–H and O–H groups in total. The van der Waals surface area contributed by atoms with Crippen molar-refractivity contribution in [3.63, 3.8) is 0 Å². The van der Waals surface area contributed by atoms with Gasteiger partial charge in [-0.2, -0.15) is 0 Å². The summed E-state index contributed by atoms with van der Waals surface area (Å²) in [5.41, 5.74) is 3.26. The van der Waals surface area contributed by atoms with Crippen LogP contribution < -0.4 is 10.1 Å². The van der Waals surface area contributed by atoms with Crippen molar-refractivity contribution in [3.05, 3.63) is 59.7 Å². The van der Waals surface area contributed by atoms with Crippen LogP contribution >= 0.6 is 0 Å². The van der Waals surface area contributed by atoms with Gasteiger partial charge in [0, 0.05) is 12.2 Å². The van der Waals surface area contributed by atoms with E-state index in [1.807, 2.05) is 48.3 Å². The van der Waals surface area contributed by atoms with Gasteiger partial charge >= 0.3 is 0 Å². The van der Waals surface area contributed by atoms with E-state index in [0.717, 1.165) is 23.4 Å². The van der Waals surface area contributed by atoms with Crippen molar-refractivity contribution in [1.29, 1.82) is 0 Å². The van der Waals surface area contributed by atoms with Crippen LogP contribution in [0.1, 0.15) is 37.3 Å². The molecule has 2 aromatic carbocycles. The number of rotatable bonds is 8. The van der Waals surface area contributed by atoms with Crippen LogP contribution in [0.15, 0.2) is 48.5 Å². The summed E-state index contributed by atoms with van der Waals surface area (Å²) in [6.07, 6.45) is 1.11. The minimum Gasteiger partial charge on any atom is -0.497 e. The molecule has 4 heteroatoms. The predicted molar refractivity (Wildman–Crippen MR) is 103 cm³/mol. The number of nitrogens with zero attached hydrogens (tertiary/aromatic N) is 1. The standard InChI is InChI=1S/C21H28N2O2/c1-5-16(2)18-9-11-19(12-10-18)22-21(24)15-23(3)14-17-7-6-8-20(13-17)25-4/h6-13,16H,5,14-15H2,1-4H3,(H,22,24)/t16-/m0/s1. The Morgan fingerprint density at radius 2 is 1.92 bits per heavy atom. The molecular formula is C21H28N2O2. The fourth-order valence-electron chi connectivity index (χ4n) is 2.71. The molecule has 0 aliphatic rings. The highest BCUT2D eigenvalue weighted by atomic mass is 16.5. The van der Waals surface area contributed by atoms with E-state index >= 15 is 0 Å². The molecule has 1 amide bonds. The number of likely N-dealkylation sites (N-methyl/N-ethyl adjacent to an activating group) is 1. The van der Waals surface area contributed by atoms with Crippen LogP contribution in [-0.2, 0) is 11.3 Å². The number of benzene rings is 2. The molecule has 0 saturated heterocycles. The van der Waals surface area contributed by atoms with Crippen molar-refractivity contribution in [1.82, 2.24) is 4.90 Å². The summed E-state index contributed by atoms with van der Waals surface area (Å²) in [6, 6.07) is 16.0. The van der Waals surface area contributed by atoms with Gasteiger partial charge in [-0.1, -0.05) is 38.1 Å². The lowest BCUT2D eigenvalue weighted by Crippen LogP contribution is -2.29. The van der Waals surface area contributed by atoms with Crippen LogP contribution in [0, 0.1) is 0 Å². The summed E-state index contributed by atoms with van der Waals surface area (Å²) >= 11 is 0. The number of methoxy groups -OCH3 is 1. The second kappa shape index (κ2) is 9.23. The first kappa shape index (κ1) is 19.0. The second-order valence-electron chi connectivity index (χ2n) is 6.50. The molecule has 0 bridgehead atoms. The highest BCUT2D eigenvalue weighted by Crippen LogP contribution is 2.20. The highest BCUT2D eigenvalue weighted by Gasteiger charge is 2.09. The van der Waals surface area contributed by atoms with Crippen molar-refractivity contribution in [2.24, 2.45) is 0 Å². The molecule has 2 rings (SSSR count). The van der Waals surface area contributed by atoms with Gasteiger partial charge in [-0.15, -0.1) is 0 Å². The Morgan fingerprint density at radius 3 is 2.56 bits per heavy atom. The molecular weight excluding hydrogens is 312 g/mol. The van der Waals surface area contributed by atoms with Crippen molar-refractivity contribution in [2.75, 3.05) is 26.0 Å². The molecule has 0 spiro atoms. The zero-order valence-electron chi connectivity index (χ0n) is 15.6. The third kappa shape index (κ3) is 5.91. The molecule has 134 valence electrons. The van der Waals surface area contributed by atoms with Gasteiger partial charge in [0.1, 0.15) is 5.75 Å². The minimum atomic E-state index is -0.0123. The van der Waals surface area contributed by atoms with Gasteiger partial charge in [0.05, 0.1) is 13.7 Å². The molecule has 0 saturated carbocycles. The first-order chi connectivity index (χ1) is 12.0. The molecule has 2 aromatic rings. The number of hydrogen-bond donors (Lipinski definition) is 1. The molecule has 0 aliphatic heterocycles. The van der Waals surface area contributed by atoms with Crippen molar-refractivity contribution >= 4 is 11.6 Å². The van der Waals surface area contributed by atoms with E-state index in [0.29, 0.717) is 19.0 Å². The zero-order valence-corrected chi connectivity index (χ0v) is 15.6. The lowest BCUT2D eigenvalue weighted by molar-refractivity contribution is -0.117. The van der Waals surface area contributed by atoms with E-state index in [1.165, 1.54) is 5.56 Å². The van der Waals surface area contributed by atoms with E-state index in [-0.39, 0.29) is 5.91 Å². The average Bonchev–Trinajstić information content (AvgIpc) is 2.61. The third-order valence-electron chi connectivity index (χ3n) is 4.38. The first-order valence-electron chi connectivity index (χ1n) is 8.73. The van der Waals surface area contributed by atoms with E-state index in [9.17, 15) is 4.79 Å². The number of amides is 1. The smallest absolute Gasteiger partial charge is 0.238 e. The molecule has 0 radical (unpaired) electrons. The third-order valence-corrected chi connectivity index (χ3v) is 4.38. The van der Waals surface area contributed by atoms with Crippen LogP contribution in [0.4, 0.5) is 5.69 Å². The fourth-order valence-corrected chi connectivity index (χ4v) is 2.71. The molecule has 0 unspecified atom stereocenters. The van der Waals surface area contributed by atoms with Gasteiger partial charge in [-0.25, -0.2) is 0 Å². The number of ether oxygens (including phenoxy) is 1. The van der Waals surface area contributed by atoms with Crippen LogP contribution in [0.3, 0.4) is 0 Å². The van der Waals surface area contributed by atoms with E-state index in [4.69, 9.17) is 4.74 Å². The van der Waals surface area contributed by atoms with E-state index < -0.39 is 0 Å². The summed E-state index contributed by atoms with van der Waals surface area (Å²) < 4.78 is 5.23. The molecule has 0 fully saturated rings. The fraction of sp³-hybridized carbons (Fsp3) is 0.381. The molecule has 4 nitrogen and oxygen atoms in total. The van der Waals surface area contributed by atoms with Gasteiger partial charge in [0.2, 0.25) is 5.91 Å². The second-order valence-corrected chi connectivity index (χ2v) is 6.50. The quantitative estimate of drug-likeness (QED) is 0.780. The lowest BCUT2D eigenvalue weighted by atomic mass is 9.99. The van der Waals surface area contributed by atoms with E-state index in [2.05, 4.69) is 31.3 Å². The van der Waals surface area contributed by atoms with Gasteiger partial charge in [-0.3, -0.25) is 9.69 Å². The van der Waals surface area contributed by atoms with E-state index in [1.54, 1.807) is 7.11 Å². The topological polar surface area (TPSA) is 41.6 Å². The van der Waals surface area contributed by atoms with Crippen molar-refractivity contribution in [3.8, 4) is 5.75 Å². The minimum absolute atomic E-state index is 0.0123. The van der Waals surface area contributed by atoms with Crippen LogP contribution in [-0.4, -0.2) is 31.5 Å². The summed E-state index contributed by atoms with van der Waals surface area (Å²) in [5, 5.41) is 2.96. The van der Waals surface area contributed by atoms with Gasteiger partial charge in [0.25, 0.3) is 0 Å². The van der Waals surface area contributed by atoms with Crippen LogP contribution in [0.5, 0.6) is 5.75 Å². The molecule has 25 heavy (non-hydrogen) atoms. The Labute approximate surface area is 150 Å². The van der Waals surface area contributed by atoms with Gasteiger partial charge in [0.15, 0.2) is 0 Å². The summed E-state index contributed by atoms with van der Waals surface area (Å²) in [5.74, 6) is 1.36. The maximum atomic E-state index is 12.2. The Morgan fingerprint density at radius 1 is 1.20 bits per heavy atom. The summed E-state index contributed by atoms with van der Waals surface area (Å²) in [7, 11) is 3.59. The number of hydrogen-bond acceptors (Lipinski definition) is 3. The normalized spacial score (nSPS) is 12.0. The average molecular weight is 340 g/mol. The Bertz CT molecular complexity index is 683. The SMILES string of the molecule is CC[C@H](C)c1ccc(NC(=O)CN(C)Cc2cccc(OC)c2)cc1. The number of carbonyl (C=O) groups is 1. The Balaban J connectivity index is 1.86. The monoisotopic (exact) mass is 340 g/mol. The van der Waals surface area contributed by atoms with Gasteiger partial charge in [-0.05, 0) is 54.8 Å². The maximum Gasteiger partial charge on any atom is 0.238 e. The van der Waals surface area contributed by atoms with Crippen molar-refractivity contribution in [2.45, 2.75) is 32.7 Å². The number of nitrogens with one attached hydrogen (secondary N) is 1. The van der Waals surface area contributed by atoms with Crippen LogP contribution in [0.2, 0.25) is 0 Å². The number of carbonyl (C=O) groups excluding carboxylic acids is 1. The predicted octanol–water partition coefficient (Wildman–Crippen LogP) is 4.28. The Kier molecular flexibility index (Phi) is 7.02. The molecule has 0 heterocycles. The number of anilines is 1. The summed E-state index contributed by atoms with van der Waals surface area (Å²) in [4.78, 5) is 14.2. The lowest BCUT2D eigenvalue weighted by Gasteiger charge is -2.17. The first-order valence-corrected chi connectivity index (χ1v) is 8.73. The van der Waals surface area contributed by atoms with Crippen molar-refractivity contribution < 1.29 is 9.53 Å². The maximum absolute atomic E-state index is 12.2. The molecule has 1 atom stereocenters. The molecule has 0 aliphatic carbocycles. The largest absolute Gasteiger partial charge is 0.497 e. The summed E-state index contributed by atoms with van der Waals surface area (Å²) in [6.45, 7) is 5.42. The molecule has 0 aromatic heterocycles. The Hall–Kier alpha value is -2.33. The van der Waals surface area contributed by atoms with Gasteiger partial charge < -0.3 is 10.1 Å². The van der Waals surface area contributed by atoms with Crippen LogP contribution in [0.25, 0.3) is 0 Å².